The van der Waals surface area contributed by atoms with Crippen LogP contribution in [0.4, 0.5) is 19.7 Å². The summed E-state index contributed by atoms with van der Waals surface area (Å²) in [7, 11) is 1.36. The van der Waals surface area contributed by atoms with E-state index in [-0.39, 0.29) is 25.1 Å². The van der Waals surface area contributed by atoms with Crippen LogP contribution in [0.2, 0.25) is 0 Å². The monoisotopic (exact) mass is 498 g/mol. The van der Waals surface area contributed by atoms with Gasteiger partial charge in [-0.2, -0.15) is 5.10 Å². The third-order valence-electron chi connectivity index (χ3n) is 5.86. The Morgan fingerprint density at radius 3 is 2.67 bits per heavy atom. The van der Waals surface area contributed by atoms with E-state index in [0.717, 1.165) is 0 Å². The summed E-state index contributed by atoms with van der Waals surface area (Å²) in [5.41, 5.74) is 1.90. The second-order valence-electron chi connectivity index (χ2n) is 8.34. The maximum absolute atomic E-state index is 14.9. The Morgan fingerprint density at radius 2 is 2.03 bits per heavy atom. The van der Waals surface area contributed by atoms with Crippen LogP contribution in [0.3, 0.4) is 0 Å². The molecular weight excluding hydrogens is 471 g/mol. The molecule has 2 aromatic rings. The zero-order chi connectivity index (χ0) is 25.7. The molecule has 0 unspecified atom stereocenters. The van der Waals surface area contributed by atoms with Crippen molar-refractivity contribution in [2.45, 2.75) is 13.0 Å². The number of carbonyl (C=O) groups is 3. The summed E-state index contributed by atoms with van der Waals surface area (Å²) in [5.74, 6) is -0.721. The molecule has 2 aliphatic rings. The molecule has 2 fully saturated rings. The van der Waals surface area contributed by atoms with Gasteiger partial charge in [0.2, 0.25) is 5.91 Å². The van der Waals surface area contributed by atoms with Crippen molar-refractivity contribution < 1.29 is 28.2 Å². The number of halogens is 1. The van der Waals surface area contributed by atoms with Crippen LogP contribution in [-0.4, -0.2) is 91.7 Å². The molecule has 1 atom stereocenters. The van der Waals surface area contributed by atoms with E-state index in [9.17, 15) is 18.8 Å². The van der Waals surface area contributed by atoms with E-state index in [1.807, 2.05) is 5.01 Å². The van der Waals surface area contributed by atoms with Crippen LogP contribution < -0.4 is 10.2 Å². The Labute approximate surface area is 207 Å². The number of benzene rings is 1. The highest BCUT2D eigenvalue weighted by molar-refractivity contribution is 5.90. The highest BCUT2D eigenvalue weighted by Gasteiger charge is 2.32. The number of pyridine rings is 1. The second kappa shape index (κ2) is 11.0. The van der Waals surface area contributed by atoms with E-state index < -0.39 is 18.0 Å². The molecule has 1 aromatic heterocycles. The predicted molar refractivity (Wildman–Crippen MR) is 129 cm³/mol. The minimum absolute atomic E-state index is 0.198. The fraction of sp³-hybridized carbons (Fsp3) is 0.375. The van der Waals surface area contributed by atoms with Crippen molar-refractivity contribution in [3.05, 3.63) is 48.0 Å². The standard InChI is InChI=1S/C24H27FN6O5/c1-16(32)26-14-20-15-31(24(34)36-20)19-5-6-21(22(25)11-19)17-3-4-18(27-12-17)13-28-30-9-7-29(8-10-30)23(33)35-2/h3-6,11-13,20H,7-10,14-15H2,1-2H3,(H,26,32)/b28-13+/t20-/m0/s1. The van der Waals surface area contributed by atoms with Crippen molar-refractivity contribution in [2.75, 3.05) is 51.3 Å². The van der Waals surface area contributed by atoms with Gasteiger partial charge in [-0.05, 0) is 24.3 Å². The van der Waals surface area contributed by atoms with E-state index in [1.165, 1.54) is 25.0 Å². The van der Waals surface area contributed by atoms with Crippen molar-refractivity contribution in [3.8, 4) is 11.1 Å². The third-order valence-corrected chi connectivity index (χ3v) is 5.86. The first kappa shape index (κ1) is 24.9. The van der Waals surface area contributed by atoms with Crippen LogP contribution >= 0.6 is 0 Å². The van der Waals surface area contributed by atoms with Gasteiger partial charge >= 0.3 is 12.2 Å². The van der Waals surface area contributed by atoms with Gasteiger partial charge in [-0.15, -0.1) is 0 Å². The molecule has 0 aliphatic carbocycles. The number of hydrogen-bond donors (Lipinski definition) is 1. The quantitative estimate of drug-likeness (QED) is 0.606. The molecular formula is C24H27FN6O5. The first-order valence-corrected chi connectivity index (χ1v) is 11.4. The van der Waals surface area contributed by atoms with E-state index in [2.05, 4.69) is 15.4 Å². The average Bonchev–Trinajstić information content (AvgIpc) is 3.27. The molecule has 1 aromatic carbocycles. The molecule has 2 saturated heterocycles. The number of cyclic esters (lactones) is 1. The lowest BCUT2D eigenvalue weighted by atomic mass is 10.1. The van der Waals surface area contributed by atoms with Crippen molar-refractivity contribution in [1.82, 2.24) is 20.2 Å². The first-order chi connectivity index (χ1) is 17.3. The first-order valence-electron chi connectivity index (χ1n) is 11.4. The van der Waals surface area contributed by atoms with Crippen LogP contribution in [0.15, 0.2) is 41.6 Å². The number of hydrogen-bond acceptors (Lipinski definition) is 8. The number of anilines is 1. The summed E-state index contributed by atoms with van der Waals surface area (Å²) in [6.07, 6.45) is 1.74. The number of amides is 3. The molecule has 11 nitrogen and oxygen atoms in total. The molecule has 3 amide bonds. The molecule has 4 rings (SSSR count). The fourth-order valence-electron chi connectivity index (χ4n) is 3.91. The van der Waals surface area contributed by atoms with Gasteiger partial charge in [0.15, 0.2) is 0 Å². The van der Waals surface area contributed by atoms with Crippen LogP contribution in [0, 0.1) is 5.82 Å². The number of piperazine rings is 1. The largest absolute Gasteiger partial charge is 0.453 e. The normalized spacial score (nSPS) is 17.9. The smallest absolute Gasteiger partial charge is 0.414 e. The van der Waals surface area contributed by atoms with E-state index in [4.69, 9.17) is 9.47 Å². The number of rotatable bonds is 6. The molecule has 1 N–H and O–H groups in total. The van der Waals surface area contributed by atoms with Crippen LogP contribution in [0.1, 0.15) is 12.6 Å². The summed E-state index contributed by atoms with van der Waals surface area (Å²) >= 11 is 0. The molecule has 12 heteroatoms. The lowest BCUT2D eigenvalue weighted by Gasteiger charge is -2.31. The van der Waals surface area contributed by atoms with Crippen molar-refractivity contribution >= 4 is 30.0 Å². The predicted octanol–water partition coefficient (Wildman–Crippen LogP) is 2.07. The van der Waals surface area contributed by atoms with Gasteiger partial charge in [0, 0.05) is 37.3 Å². The summed E-state index contributed by atoms with van der Waals surface area (Å²) in [5, 5.41) is 8.86. The molecule has 0 saturated carbocycles. The Kier molecular flexibility index (Phi) is 7.62. The minimum atomic E-state index is -0.588. The van der Waals surface area contributed by atoms with Crippen molar-refractivity contribution in [3.63, 3.8) is 0 Å². The molecule has 0 bridgehead atoms. The summed E-state index contributed by atoms with van der Waals surface area (Å²) in [6, 6.07) is 7.99. The van der Waals surface area contributed by atoms with Crippen LogP contribution in [-0.2, 0) is 14.3 Å². The van der Waals surface area contributed by atoms with Gasteiger partial charge in [-0.1, -0.05) is 6.07 Å². The summed E-state index contributed by atoms with van der Waals surface area (Å²) in [4.78, 5) is 42.1. The minimum Gasteiger partial charge on any atom is -0.453 e. The maximum atomic E-state index is 14.9. The highest BCUT2D eigenvalue weighted by atomic mass is 19.1. The van der Waals surface area contributed by atoms with Crippen molar-refractivity contribution in [1.29, 1.82) is 0 Å². The Morgan fingerprint density at radius 1 is 1.25 bits per heavy atom. The van der Waals surface area contributed by atoms with Gasteiger partial charge in [0.05, 0.1) is 50.9 Å². The second-order valence-corrected chi connectivity index (χ2v) is 8.34. The number of hydrazone groups is 1. The maximum Gasteiger partial charge on any atom is 0.414 e. The van der Waals surface area contributed by atoms with Crippen LogP contribution in [0.25, 0.3) is 11.1 Å². The van der Waals surface area contributed by atoms with Gasteiger partial charge in [-0.3, -0.25) is 19.7 Å². The highest BCUT2D eigenvalue weighted by Crippen LogP contribution is 2.28. The third kappa shape index (κ3) is 5.88. The zero-order valence-corrected chi connectivity index (χ0v) is 20.0. The Bertz CT molecular complexity index is 1150. The Balaban J connectivity index is 1.36. The molecule has 2 aliphatic heterocycles. The lowest BCUT2D eigenvalue weighted by Crippen LogP contribution is -2.46. The molecule has 190 valence electrons. The van der Waals surface area contributed by atoms with Gasteiger partial charge < -0.3 is 19.7 Å². The zero-order valence-electron chi connectivity index (χ0n) is 20.0. The van der Waals surface area contributed by atoms with E-state index >= 15 is 0 Å². The van der Waals surface area contributed by atoms with E-state index in [1.54, 1.807) is 41.6 Å². The SMILES string of the molecule is COC(=O)N1CCN(/N=C/c2ccc(-c3ccc(N4C[C@H](CNC(C)=O)OC4=O)cc3F)cn2)CC1. The average molecular weight is 499 g/mol. The number of nitrogens with zero attached hydrogens (tertiary/aromatic N) is 5. The number of nitrogens with one attached hydrogen (secondary N) is 1. The van der Waals surface area contributed by atoms with Gasteiger partial charge in [0.1, 0.15) is 11.9 Å². The fourth-order valence-corrected chi connectivity index (χ4v) is 3.91. The van der Waals surface area contributed by atoms with Gasteiger partial charge in [0.25, 0.3) is 0 Å². The Hall–Kier alpha value is -4.22. The van der Waals surface area contributed by atoms with Gasteiger partial charge in [-0.25, -0.2) is 14.0 Å². The number of aromatic nitrogens is 1. The number of methoxy groups -OCH3 is 1. The number of ether oxygens (including phenoxy) is 2. The van der Waals surface area contributed by atoms with E-state index in [0.29, 0.717) is 48.7 Å². The molecule has 0 spiro atoms. The van der Waals surface area contributed by atoms with Crippen LogP contribution in [0.5, 0.6) is 0 Å². The molecule has 36 heavy (non-hydrogen) atoms. The molecule has 3 heterocycles. The summed E-state index contributed by atoms with van der Waals surface area (Å²) in [6.45, 7) is 4.01. The van der Waals surface area contributed by atoms with Crippen molar-refractivity contribution in [2.24, 2.45) is 5.10 Å². The molecule has 0 radical (unpaired) electrons. The lowest BCUT2D eigenvalue weighted by molar-refractivity contribution is -0.119. The summed E-state index contributed by atoms with van der Waals surface area (Å²) < 4.78 is 24.9. The topological polar surface area (TPSA) is 117 Å². The number of carbonyl (C=O) groups excluding carboxylic acids is 3.